The van der Waals surface area contributed by atoms with Gasteiger partial charge in [0.25, 0.3) is 5.56 Å². The monoisotopic (exact) mass is 604 g/mol. The van der Waals surface area contributed by atoms with Crippen LogP contribution in [0.1, 0.15) is 5.56 Å². The molecule has 2 N–H and O–H groups in total. The summed E-state index contributed by atoms with van der Waals surface area (Å²) in [6.07, 6.45) is 0.712. The van der Waals surface area contributed by atoms with Gasteiger partial charge in [0.05, 0.1) is 37.8 Å². The molecule has 42 heavy (non-hydrogen) atoms. The minimum absolute atomic E-state index is 0.0228. The normalized spacial score (nSPS) is 14.2. The van der Waals surface area contributed by atoms with Crippen molar-refractivity contribution in [3.8, 4) is 11.5 Å². The van der Waals surface area contributed by atoms with Gasteiger partial charge in [-0.15, -0.1) is 0 Å². The van der Waals surface area contributed by atoms with E-state index in [1.165, 1.54) is 10.8 Å². The number of imidazole rings is 1. The van der Waals surface area contributed by atoms with E-state index in [0.29, 0.717) is 42.3 Å². The molecule has 1 saturated heterocycles. The molecule has 5 aromatic rings. The highest BCUT2D eigenvalue weighted by molar-refractivity contribution is 6.36. The Labute approximate surface area is 240 Å². The van der Waals surface area contributed by atoms with Crippen molar-refractivity contribution in [1.29, 1.82) is 0 Å². The van der Waals surface area contributed by atoms with Crippen LogP contribution in [-0.4, -0.2) is 66.7 Å². The van der Waals surface area contributed by atoms with Crippen molar-refractivity contribution in [2.75, 3.05) is 43.1 Å². The molecule has 0 aromatic carbocycles. The second kappa shape index (κ2) is 10.8. The van der Waals surface area contributed by atoms with Gasteiger partial charge in [-0.25, -0.2) is 9.50 Å². The number of hydrogen-bond acceptors (Lipinski definition) is 9. The molecule has 16 heteroatoms. The molecule has 0 radical (unpaired) electrons. The van der Waals surface area contributed by atoms with Crippen LogP contribution in [0.4, 0.5) is 30.5 Å². The van der Waals surface area contributed by atoms with Gasteiger partial charge in [0, 0.05) is 44.8 Å². The van der Waals surface area contributed by atoms with Gasteiger partial charge < -0.3 is 33.9 Å². The Kier molecular flexibility index (Phi) is 7.16. The number of ether oxygens (including phenoxy) is 2. The number of fused-ring (bicyclic) bond motifs is 2. The van der Waals surface area contributed by atoms with Crippen molar-refractivity contribution in [1.82, 2.24) is 28.7 Å². The van der Waals surface area contributed by atoms with Crippen molar-refractivity contribution >= 4 is 45.6 Å². The highest BCUT2D eigenvalue weighted by atomic mass is 35.5. The van der Waals surface area contributed by atoms with Crippen LogP contribution in [0.5, 0.6) is 11.5 Å². The van der Waals surface area contributed by atoms with Gasteiger partial charge in [-0.3, -0.25) is 4.79 Å². The molecule has 1 fully saturated rings. The summed E-state index contributed by atoms with van der Waals surface area (Å²) < 4.78 is 56.0. The summed E-state index contributed by atoms with van der Waals surface area (Å²) in [6.45, 7) is 1.98. The van der Waals surface area contributed by atoms with Gasteiger partial charge in [0.2, 0.25) is 5.95 Å². The number of alkyl halides is 3. The van der Waals surface area contributed by atoms with Crippen LogP contribution in [-0.2, 0) is 24.5 Å². The van der Waals surface area contributed by atoms with Gasteiger partial charge in [-0.05, 0) is 18.2 Å². The Morgan fingerprint density at radius 2 is 1.98 bits per heavy atom. The lowest BCUT2D eigenvalue weighted by Crippen LogP contribution is -2.36. The average Bonchev–Trinajstić information content (AvgIpc) is 3.52. The number of aliphatic hydroxyl groups excluding tert-OH is 1. The molecule has 6 rings (SSSR count). The van der Waals surface area contributed by atoms with E-state index in [-0.39, 0.29) is 34.6 Å². The minimum Gasteiger partial charge on any atom is -0.450 e. The first-order valence-electron chi connectivity index (χ1n) is 12.8. The minimum atomic E-state index is -4.72. The zero-order valence-electron chi connectivity index (χ0n) is 22.1. The third-order valence-electron chi connectivity index (χ3n) is 6.87. The molecule has 12 nitrogen and oxygen atoms in total. The van der Waals surface area contributed by atoms with Crippen LogP contribution in [0.25, 0.3) is 16.7 Å². The molecular formula is C26H24ClF3N8O4. The van der Waals surface area contributed by atoms with E-state index in [2.05, 4.69) is 25.3 Å². The van der Waals surface area contributed by atoms with Crippen molar-refractivity contribution in [3.63, 3.8) is 0 Å². The highest BCUT2D eigenvalue weighted by Gasteiger charge is 2.32. The van der Waals surface area contributed by atoms with E-state index < -0.39 is 23.9 Å². The number of hydrogen-bond donors (Lipinski definition) is 2. The number of nitrogens with zero attached hydrogens (tertiary/aromatic N) is 7. The molecule has 0 bridgehead atoms. The summed E-state index contributed by atoms with van der Waals surface area (Å²) in [5, 5.41) is 16.4. The standard InChI is InChI=1S/C26H24ClF3N8O4/c1-35-22-21(27)20(42-19-13-32-38-3-2-16(11-18(19)38)36-5-8-41-9-6-36)12-31-23(22)34-25(35)33-17-10-15(26(28,29)30)14-37(4-7-39)24(17)40/h2-3,10-14,39H,4-9H2,1H3,(H,31,33,34). The topological polar surface area (TPSA) is 124 Å². The number of anilines is 3. The van der Waals surface area contributed by atoms with Crippen molar-refractivity contribution in [2.24, 2.45) is 7.05 Å². The first-order valence-corrected chi connectivity index (χ1v) is 13.2. The van der Waals surface area contributed by atoms with Gasteiger partial charge >= 0.3 is 6.18 Å². The SMILES string of the molecule is Cn1c(Nc2cc(C(F)(F)F)cn(CCO)c2=O)nc2ncc(Oc3cnn4ccc(N5CCOCC5)cc34)c(Cl)c21. The lowest BCUT2D eigenvalue weighted by Gasteiger charge is -2.28. The summed E-state index contributed by atoms with van der Waals surface area (Å²) in [4.78, 5) is 23.6. The number of halogens is 4. The van der Waals surface area contributed by atoms with Gasteiger partial charge in [0.15, 0.2) is 17.1 Å². The van der Waals surface area contributed by atoms with E-state index in [4.69, 9.17) is 21.1 Å². The zero-order chi connectivity index (χ0) is 29.6. The first-order chi connectivity index (χ1) is 20.1. The summed E-state index contributed by atoms with van der Waals surface area (Å²) >= 11 is 6.72. The number of morpholine rings is 1. The maximum absolute atomic E-state index is 13.5. The summed E-state index contributed by atoms with van der Waals surface area (Å²) in [6, 6.07) is 4.61. The van der Waals surface area contributed by atoms with Crippen LogP contribution < -0.4 is 20.5 Å². The van der Waals surface area contributed by atoms with Gasteiger partial charge in [0.1, 0.15) is 21.7 Å². The lowest BCUT2D eigenvalue weighted by atomic mass is 10.2. The van der Waals surface area contributed by atoms with Gasteiger partial charge in [-0.2, -0.15) is 23.3 Å². The molecule has 0 saturated carbocycles. The Balaban J connectivity index is 1.34. The van der Waals surface area contributed by atoms with Crippen LogP contribution in [0.3, 0.4) is 0 Å². The number of pyridine rings is 3. The summed E-state index contributed by atoms with van der Waals surface area (Å²) in [7, 11) is 1.57. The third-order valence-corrected chi connectivity index (χ3v) is 7.24. The van der Waals surface area contributed by atoms with Crippen LogP contribution >= 0.6 is 11.6 Å². The Morgan fingerprint density at radius 1 is 1.19 bits per heavy atom. The van der Waals surface area contributed by atoms with E-state index >= 15 is 0 Å². The molecule has 1 aliphatic heterocycles. The molecule has 0 spiro atoms. The largest absolute Gasteiger partial charge is 0.450 e. The molecule has 1 aliphatic rings. The smallest absolute Gasteiger partial charge is 0.417 e. The molecule has 0 atom stereocenters. The maximum Gasteiger partial charge on any atom is 0.417 e. The van der Waals surface area contributed by atoms with E-state index in [1.807, 2.05) is 18.3 Å². The van der Waals surface area contributed by atoms with Crippen molar-refractivity contribution in [3.05, 3.63) is 63.9 Å². The predicted octanol–water partition coefficient (Wildman–Crippen LogP) is 3.81. The van der Waals surface area contributed by atoms with Gasteiger partial charge in [-0.1, -0.05) is 11.6 Å². The molecule has 220 valence electrons. The summed E-state index contributed by atoms with van der Waals surface area (Å²) in [5.74, 6) is 0.659. The second-order valence-electron chi connectivity index (χ2n) is 9.52. The van der Waals surface area contributed by atoms with Crippen molar-refractivity contribution < 1.29 is 27.8 Å². The van der Waals surface area contributed by atoms with E-state index in [9.17, 15) is 23.1 Å². The molecule has 5 aromatic heterocycles. The number of rotatable bonds is 7. The maximum atomic E-state index is 13.5. The molecule has 0 amide bonds. The van der Waals surface area contributed by atoms with Crippen LogP contribution in [0.15, 0.2) is 47.8 Å². The van der Waals surface area contributed by atoms with Crippen LogP contribution in [0.2, 0.25) is 5.02 Å². The summed E-state index contributed by atoms with van der Waals surface area (Å²) in [5.41, 5.74) is -0.0198. The van der Waals surface area contributed by atoms with Crippen LogP contribution in [0, 0.1) is 0 Å². The predicted molar refractivity (Wildman–Crippen MR) is 148 cm³/mol. The Morgan fingerprint density at radius 3 is 2.71 bits per heavy atom. The Hall–Kier alpha value is -4.34. The molecule has 0 aliphatic carbocycles. The van der Waals surface area contributed by atoms with E-state index in [1.54, 1.807) is 17.8 Å². The number of aliphatic hydroxyl groups is 1. The number of aryl methyl sites for hydroxylation is 1. The molecule has 0 unspecified atom stereocenters. The lowest BCUT2D eigenvalue weighted by molar-refractivity contribution is -0.138. The third kappa shape index (κ3) is 5.10. The quantitative estimate of drug-likeness (QED) is 0.285. The fourth-order valence-electron chi connectivity index (χ4n) is 4.73. The average molecular weight is 605 g/mol. The second-order valence-corrected chi connectivity index (χ2v) is 9.89. The molecular weight excluding hydrogens is 581 g/mol. The highest BCUT2D eigenvalue weighted by Crippen LogP contribution is 2.37. The zero-order valence-corrected chi connectivity index (χ0v) is 22.9. The Bertz CT molecular complexity index is 1850. The number of aromatic nitrogens is 6. The van der Waals surface area contributed by atoms with E-state index in [0.717, 1.165) is 23.3 Å². The first kappa shape index (κ1) is 27.8. The molecule has 6 heterocycles. The fourth-order valence-corrected chi connectivity index (χ4v) is 5.03. The number of nitrogens with one attached hydrogen (secondary N) is 1. The fraction of sp³-hybridized carbons (Fsp3) is 0.308. The van der Waals surface area contributed by atoms with Crippen molar-refractivity contribution in [2.45, 2.75) is 12.7 Å².